The standard InChI is InChI=1S/C17H27NO3/c1-2-10-20-15-7-6-14(12-18)16(11-15)21-13-17(19)8-4-3-5-9-17/h6-7,11,19H,2-5,8-10,12-13,18H2,1H3. The van der Waals surface area contributed by atoms with E-state index in [9.17, 15) is 5.11 Å². The van der Waals surface area contributed by atoms with E-state index in [0.717, 1.165) is 49.2 Å². The van der Waals surface area contributed by atoms with Crippen molar-refractivity contribution in [2.75, 3.05) is 13.2 Å². The fraction of sp³-hybridized carbons (Fsp3) is 0.647. The Balaban J connectivity index is 2.02. The highest BCUT2D eigenvalue weighted by Crippen LogP contribution is 2.31. The average molecular weight is 293 g/mol. The van der Waals surface area contributed by atoms with Crippen LogP contribution in [0, 0.1) is 0 Å². The van der Waals surface area contributed by atoms with Gasteiger partial charge in [0.15, 0.2) is 0 Å². The van der Waals surface area contributed by atoms with Crippen LogP contribution in [-0.4, -0.2) is 23.9 Å². The number of hydrogen-bond acceptors (Lipinski definition) is 4. The van der Waals surface area contributed by atoms with Crippen molar-refractivity contribution in [2.24, 2.45) is 5.73 Å². The molecule has 1 aromatic rings. The summed E-state index contributed by atoms with van der Waals surface area (Å²) in [4.78, 5) is 0. The van der Waals surface area contributed by atoms with E-state index in [1.54, 1.807) is 0 Å². The van der Waals surface area contributed by atoms with Crippen molar-refractivity contribution in [1.82, 2.24) is 0 Å². The maximum Gasteiger partial charge on any atom is 0.127 e. The van der Waals surface area contributed by atoms with Crippen LogP contribution in [0.5, 0.6) is 11.5 Å². The number of ether oxygens (including phenoxy) is 2. The number of nitrogens with two attached hydrogens (primary N) is 1. The molecule has 0 unspecified atom stereocenters. The van der Waals surface area contributed by atoms with Crippen LogP contribution >= 0.6 is 0 Å². The predicted molar refractivity (Wildman–Crippen MR) is 83.6 cm³/mol. The highest BCUT2D eigenvalue weighted by Gasteiger charge is 2.30. The Morgan fingerprint density at radius 2 is 1.95 bits per heavy atom. The quantitative estimate of drug-likeness (QED) is 0.811. The van der Waals surface area contributed by atoms with Crippen molar-refractivity contribution in [2.45, 2.75) is 57.6 Å². The number of rotatable bonds is 7. The first-order chi connectivity index (χ1) is 10.2. The summed E-state index contributed by atoms with van der Waals surface area (Å²) in [6.45, 7) is 3.51. The first kappa shape index (κ1) is 16.1. The van der Waals surface area contributed by atoms with E-state index in [1.165, 1.54) is 6.42 Å². The SMILES string of the molecule is CCCOc1ccc(CN)c(OCC2(O)CCCCC2)c1. The summed E-state index contributed by atoms with van der Waals surface area (Å²) in [5.74, 6) is 1.52. The van der Waals surface area contributed by atoms with E-state index in [1.807, 2.05) is 18.2 Å². The number of hydrogen-bond donors (Lipinski definition) is 2. The lowest BCUT2D eigenvalue weighted by Gasteiger charge is -2.32. The molecule has 1 aliphatic rings. The molecular formula is C17H27NO3. The molecule has 1 aliphatic carbocycles. The summed E-state index contributed by atoms with van der Waals surface area (Å²) < 4.78 is 11.5. The molecule has 0 heterocycles. The largest absolute Gasteiger partial charge is 0.493 e. The lowest BCUT2D eigenvalue weighted by molar-refractivity contribution is -0.0341. The summed E-state index contributed by atoms with van der Waals surface area (Å²) in [6, 6.07) is 5.73. The van der Waals surface area contributed by atoms with Crippen LogP contribution in [0.2, 0.25) is 0 Å². The third-order valence-electron chi connectivity index (χ3n) is 4.01. The van der Waals surface area contributed by atoms with Crippen LogP contribution < -0.4 is 15.2 Å². The van der Waals surface area contributed by atoms with Gasteiger partial charge in [-0.15, -0.1) is 0 Å². The molecule has 0 radical (unpaired) electrons. The van der Waals surface area contributed by atoms with E-state index < -0.39 is 5.60 Å². The van der Waals surface area contributed by atoms with Crippen LogP contribution in [0.15, 0.2) is 18.2 Å². The van der Waals surface area contributed by atoms with E-state index in [-0.39, 0.29) is 0 Å². The van der Waals surface area contributed by atoms with Gasteiger partial charge in [0.1, 0.15) is 18.1 Å². The van der Waals surface area contributed by atoms with Crippen LogP contribution in [0.1, 0.15) is 51.0 Å². The van der Waals surface area contributed by atoms with Gasteiger partial charge in [-0.2, -0.15) is 0 Å². The number of benzene rings is 1. The Hall–Kier alpha value is -1.26. The molecule has 0 aromatic heterocycles. The molecule has 0 amide bonds. The van der Waals surface area contributed by atoms with Crippen LogP contribution in [0.4, 0.5) is 0 Å². The molecule has 4 nitrogen and oxygen atoms in total. The fourth-order valence-electron chi connectivity index (χ4n) is 2.71. The van der Waals surface area contributed by atoms with Crippen LogP contribution in [-0.2, 0) is 6.54 Å². The molecule has 0 spiro atoms. The van der Waals surface area contributed by atoms with Gasteiger partial charge in [-0.3, -0.25) is 0 Å². The minimum Gasteiger partial charge on any atom is -0.493 e. The molecule has 1 fully saturated rings. The monoisotopic (exact) mass is 293 g/mol. The van der Waals surface area contributed by atoms with Crippen molar-refractivity contribution >= 4 is 0 Å². The van der Waals surface area contributed by atoms with Gasteiger partial charge >= 0.3 is 0 Å². The van der Waals surface area contributed by atoms with Crippen molar-refractivity contribution < 1.29 is 14.6 Å². The average Bonchev–Trinajstić information content (AvgIpc) is 2.52. The van der Waals surface area contributed by atoms with Gasteiger partial charge in [-0.05, 0) is 25.3 Å². The van der Waals surface area contributed by atoms with Crippen LogP contribution in [0.25, 0.3) is 0 Å². The maximum absolute atomic E-state index is 10.5. The Morgan fingerprint density at radius 1 is 1.19 bits per heavy atom. The zero-order valence-electron chi connectivity index (χ0n) is 12.9. The van der Waals surface area contributed by atoms with Gasteiger partial charge < -0.3 is 20.3 Å². The van der Waals surface area contributed by atoms with Gasteiger partial charge in [-0.25, -0.2) is 0 Å². The van der Waals surface area contributed by atoms with Crippen molar-refractivity contribution in [3.8, 4) is 11.5 Å². The second kappa shape index (κ2) is 7.66. The third kappa shape index (κ3) is 4.61. The summed E-state index contributed by atoms with van der Waals surface area (Å²) >= 11 is 0. The molecule has 118 valence electrons. The van der Waals surface area contributed by atoms with Crippen molar-refractivity contribution in [3.05, 3.63) is 23.8 Å². The molecule has 0 aliphatic heterocycles. The smallest absolute Gasteiger partial charge is 0.127 e. The van der Waals surface area contributed by atoms with Gasteiger partial charge in [0.2, 0.25) is 0 Å². The first-order valence-electron chi connectivity index (χ1n) is 7.98. The molecule has 4 heteroatoms. The Bertz CT molecular complexity index is 442. The maximum atomic E-state index is 10.5. The van der Waals surface area contributed by atoms with E-state index in [4.69, 9.17) is 15.2 Å². The molecule has 2 rings (SSSR count). The molecule has 0 atom stereocenters. The lowest BCUT2D eigenvalue weighted by atomic mass is 9.85. The summed E-state index contributed by atoms with van der Waals surface area (Å²) in [5, 5.41) is 10.5. The normalized spacial score (nSPS) is 17.5. The predicted octanol–water partition coefficient (Wildman–Crippen LogP) is 3.01. The van der Waals surface area contributed by atoms with E-state index >= 15 is 0 Å². The number of aliphatic hydroxyl groups is 1. The van der Waals surface area contributed by atoms with Crippen molar-refractivity contribution in [1.29, 1.82) is 0 Å². The lowest BCUT2D eigenvalue weighted by Crippen LogP contribution is -2.38. The first-order valence-corrected chi connectivity index (χ1v) is 7.98. The topological polar surface area (TPSA) is 64.7 Å². The van der Waals surface area contributed by atoms with E-state index in [0.29, 0.717) is 19.8 Å². The summed E-state index contributed by atoms with van der Waals surface area (Å²) in [7, 11) is 0. The van der Waals surface area contributed by atoms with E-state index in [2.05, 4.69) is 6.92 Å². The molecule has 0 bridgehead atoms. The van der Waals surface area contributed by atoms with Gasteiger partial charge in [-0.1, -0.05) is 32.3 Å². The van der Waals surface area contributed by atoms with Crippen molar-refractivity contribution in [3.63, 3.8) is 0 Å². The van der Waals surface area contributed by atoms with Gasteiger partial charge in [0.05, 0.1) is 12.2 Å². The molecule has 21 heavy (non-hydrogen) atoms. The second-order valence-corrected chi connectivity index (χ2v) is 5.90. The minimum atomic E-state index is -0.690. The fourth-order valence-corrected chi connectivity index (χ4v) is 2.71. The summed E-state index contributed by atoms with van der Waals surface area (Å²) in [5.41, 5.74) is 6.01. The molecule has 3 N–H and O–H groups in total. The highest BCUT2D eigenvalue weighted by molar-refractivity contribution is 5.40. The van der Waals surface area contributed by atoms with Gasteiger partial charge in [0, 0.05) is 18.2 Å². The minimum absolute atomic E-state index is 0.331. The molecule has 0 saturated heterocycles. The Kier molecular flexibility index (Phi) is 5.88. The van der Waals surface area contributed by atoms with Gasteiger partial charge in [0.25, 0.3) is 0 Å². The second-order valence-electron chi connectivity index (χ2n) is 5.90. The molecule has 1 aromatic carbocycles. The van der Waals surface area contributed by atoms with Crippen LogP contribution in [0.3, 0.4) is 0 Å². The Labute approximate surface area is 127 Å². The molecule has 1 saturated carbocycles. The highest BCUT2D eigenvalue weighted by atomic mass is 16.5. The molecular weight excluding hydrogens is 266 g/mol. The summed E-state index contributed by atoms with van der Waals surface area (Å²) in [6.07, 6.45) is 5.95. The Morgan fingerprint density at radius 3 is 2.62 bits per heavy atom. The zero-order chi connectivity index (χ0) is 15.1. The zero-order valence-corrected chi connectivity index (χ0v) is 12.9. The third-order valence-corrected chi connectivity index (χ3v) is 4.01.